The Kier molecular flexibility index (Phi) is 6.08. The van der Waals surface area contributed by atoms with Crippen LogP contribution in [0.4, 0.5) is 5.95 Å². The first-order valence-electron chi connectivity index (χ1n) is 7.80. The quantitative estimate of drug-likeness (QED) is 0.426. The molecule has 0 spiro atoms. The summed E-state index contributed by atoms with van der Waals surface area (Å²) in [5.74, 6) is -0.285. The molecule has 146 valence electrons. The minimum Gasteiger partial charge on any atom is -0.279 e. The summed E-state index contributed by atoms with van der Waals surface area (Å²) in [6.07, 6.45) is 0. The van der Waals surface area contributed by atoms with E-state index in [0.29, 0.717) is 11.3 Å². The Balaban J connectivity index is 2.19. The van der Waals surface area contributed by atoms with E-state index in [-0.39, 0.29) is 17.0 Å². The summed E-state index contributed by atoms with van der Waals surface area (Å²) in [6.45, 7) is 0. The molecule has 2 aromatic carbocycles. The molecule has 0 aliphatic carbocycles. The Morgan fingerprint density at radius 1 is 0.964 bits per heavy atom. The number of alkyl halides is 3. The molecule has 11 heteroatoms. The summed E-state index contributed by atoms with van der Waals surface area (Å²) < 4.78 is 25.6. The molecule has 0 radical (unpaired) electrons. The second-order valence-corrected chi connectivity index (χ2v) is 16.0. The van der Waals surface area contributed by atoms with Gasteiger partial charge in [0.15, 0.2) is 0 Å². The third-order valence-corrected chi connectivity index (χ3v) is 8.99. The van der Waals surface area contributed by atoms with Crippen molar-refractivity contribution in [2.45, 2.75) is 6.63 Å². The zero-order valence-corrected chi connectivity index (χ0v) is 19.9. The Morgan fingerprint density at radius 2 is 1.50 bits per heavy atom. The monoisotopic (exact) mass is 590 g/mol. The number of anilines is 1. The summed E-state index contributed by atoms with van der Waals surface area (Å²) in [5.41, 5.74) is 0.929. The van der Waals surface area contributed by atoms with E-state index in [1.807, 2.05) is 0 Å². The van der Waals surface area contributed by atoms with E-state index in [1.54, 1.807) is 60.7 Å². The zero-order chi connectivity index (χ0) is 20.5. The Hall–Kier alpha value is -1.56. The van der Waals surface area contributed by atoms with Crippen LogP contribution in [0.3, 0.4) is 0 Å². The van der Waals surface area contributed by atoms with Crippen LogP contribution in [0.2, 0.25) is 0 Å². The van der Waals surface area contributed by atoms with Gasteiger partial charge in [-0.05, 0) is 72.1 Å². The second kappa shape index (κ2) is 8.05. The van der Waals surface area contributed by atoms with E-state index in [4.69, 9.17) is 0 Å². The van der Waals surface area contributed by atoms with Gasteiger partial charge < -0.3 is 0 Å². The highest BCUT2D eigenvalue weighted by Crippen LogP contribution is 2.43. The van der Waals surface area contributed by atoms with Crippen molar-refractivity contribution < 1.29 is 13.2 Å². The molecular weight excluding hydrogens is 580 g/mol. The van der Waals surface area contributed by atoms with Crippen LogP contribution in [0.15, 0.2) is 65.8 Å². The van der Waals surface area contributed by atoms with Crippen LogP contribution in [-0.2, 0) is 9.84 Å². The Morgan fingerprint density at radius 3 is 2.04 bits per heavy atom. The first kappa shape index (κ1) is 21.2. The maximum atomic E-state index is 13.0. The number of aromatic nitrogens is 3. The van der Waals surface area contributed by atoms with Gasteiger partial charge in [-0.3, -0.25) is 14.3 Å². The number of sulfone groups is 1. The molecule has 0 saturated heterocycles. The maximum absolute atomic E-state index is 13.0. The molecule has 0 bridgehead atoms. The van der Waals surface area contributed by atoms with Crippen LogP contribution in [0, 0.1) is 0 Å². The molecule has 0 fully saturated rings. The summed E-state index contributed by atoms with van der Waals surface area (Å²) in [7, 11) is -2.54. The minimum atomic E-state index is -4.06. The number of halogens is 3. The largest absolute Gasteiger partial charge is 0.279 e. The number of rotatable bonds is 4. The van der Waals surface area contributed by atoms with Gasteiger partial charge in [0.25, 0.3) is 11.1 Å². The number of hydrogen-bond acceptors (Lipinski definition) is 5. The van der Waals surface area contributed by atoms with Gasteiger partial charge >= 0.3 is 0 Å². The normalized spacial score (nSPS) is 12.0. The van der Waals surface area contributed by atoms with Crippen molar-refractivity contribution in [2.24, 2.45) is 0 Å². The molecule has 1 amide bonds. The minimum absolute atomic E-state index is 0.0652. The van der Waals surface area contributed by atoms with Gasteiger partial charge in [0.2, 0.25) is 17.3 Å². The smallest absolute Gasteiger partial charge is 0.260 e. The van der Waals surface area contributed by atoms with E-state index in [2.05, 4.69) is 58.0 Å². The van der Waals surface area contributed by atoms with Crippen molar-refractivity contribution in [1.82, 2.24) is 14.8 Å². The molecule has 0 unspecified atom stereocenters. The molecule has 0 N–H and O–H groups in total. The summed E-state index contributed by atoms with van der Waals surface area (Å²) in [6, 6.07) is 17.3. The number of nitrogens with zero attached hydrogens (tertiary/aromatic N) is 4. The first-order chi connectivity index (χ1) is 13.1. The molecule has 1 heterocycles. The molecule has 3 aromatic rings. The predicted octanol–water partition coefficient (Wildman–Crippen LogP) is 4.11. The Labute approximate surface area is 187 Å². The number of benzene rings is 2. The van der Waals surface area contributed by atoms with Gasteiger partial charge in [-0.15, -0.1) is 10.2 Å². The summed E-state index contributed by atoms with van der Waals surface area (Å²) in [5, 5.41) is 7.52. The highest BCUT2D eigenvalue weighted by Gasteiger charge is 2.43. The molecule has 0 saturated carbocycles. The highest BCUT2D eigenvalue weighted by molar-refractivity contribution is 9.42. The second-order valence-electron chi connectivity index (χ2n) is 5.63. The van der Waals surface area contributed by atoms with E-state index < -0.39 is 11.3 Å². The third-order valence-electron chi connectivity index (χ3n) is 3.80. The fourth-order valence-electron chi connectivity index (χ4n) is 2.43. The standard InChI is InChI=1S/C17H13Br3N4O3S/c1-23(14(25)12-8-4-2-5-9-12)15-21-22-16(28(26,27)17(18,19)20)24(15)13-10-6-3-7-11-13/h2-11H,1H3. The first-order valence-corrected chi connectivity index (χ1v) is 11.7. The number of amides is 1. The lowest BCUT2D eigenvalue weighted by molar-refractivity contribution is 0.0991. The molecule has 0 aliphatic heterocycles. The lowest BCUT2D eigenvalue weighted by Crippen LogP contribution is -2.30. The lowest BCUT2D eigenvalue weighted by atomic mass is 10.2. The van der Waals surface area contributed by atoms with E-state index >= 15 is 0 Å². The van der Waals surface area contributed by atoms with Crippen molar-refractivity contribution in [3.63, 3.8) is 0 Å². The fraction of sp³-hybridized carbons (Fsp3) is 0.118. The average Bonchev–Trinajstić information content (AvgIpc) is 3.13. The lowest BCUT2D eigenvalue weighted by Gasteiger charge is -2.19. The SMILES string of the molecule is CN(C(=O)c1ccccc1)c1nnc(S(=O)(=O)C(Br)(Br)Br)n1-c1ccccc1. The van der Waals surface area contributed by atoms with Crippen molar-refractivity contribution in [1.29, 1.82) is 0 Å². The molecule has 1 aromatic heterocycles. The van der Waals surface area contributed by atoms with Crippen LogP contribution in [0.5, 0.6) is 0 Å². The van der Waals surface area contributed by atoms with E-state index in [1.165, 1.54) is 16.5 Å². The van der Waals surface area contributed by atoms with Crippen molar-refractivity contribution in [3.05, 3.63) is 66.2 Å². The Bertz CT molecular complexity index is 1100. The average molecular weight is 593 g/mol. The van der Waals surface area contributed by atoms with Crippen molar-refractivity contribution >= 4 is 69.5 Å². The van der Waals surface area contributed by atoms with Gasteiger partial charge in [0.1, 0.15) is 0 Å². The van der Waals surface area contributed by atoms with Crippen LogP contribution in [0.25, 0.3) is 5.69 Å². The van der Waals surface area contributed by atoms with E-state index in [9.17, 15) is 13.2 Å². The van der Waals surface area contributed by atoms with Gasteiger partial charge in [0.05, 0.1) is 5.69 Å². The molecule has 0 aliphatic rings. The topological polar surface area (TPSA) is 85.2 Å². The molecule has 3 rings (SSSR count). The van der Waals surface area contributed by atoms with E-state index in [0.717, 1.165) is 0 Å². The van der Waals surface area contributed by atoms with Gasteiger partial charge in [-0.2, -0.15) is 0 Å². The van der Waals surface area contributed by atoms with Crippen molar-refractivity contribution in [2.75, 3.05) is 11.9 Å². The van der Waals surface area contributed by atoms with Gasteiger partial charge in [0, 0.05) is 12.6 Å². The fourth-order valence-corrected chi connectivity index (χ4v) is 4.51. The molecular formula is C17H13Br3N4O3S. The number of para-hydroxylation sites is 1. The number of carbonyl (C=O) groups excluding carboxylic acids is 1. The molecule has 0 atom stereocenters. The number of hydrogen-bond donors (Lipinski definition) is 0. The predicted molar refractivity (Wildman–Crippen MR) is 117 cm³/mol. The van der Waals surface area contributed by atoms with Crippen LogP contribution < -0.4 is 4.90 Å². The zero-order valence-electron chi connectivity index (χ0n) is 14.3. The molecule has 28 heavy (non-hydrogen) atoms. The van der Waals surface area contributed by atoms with Crippen LogP contribution in [0.1, 0.15) is 10.4 Å². The van der Waals surface area contributed by atoms with Gasteiger partial charge in [-0.1, -0.05) is 36.4 Å². The summed E-state index contributed by atoms with van der Waals surface area (Å²) >= 11 is 9.12. The maximum Gasteiger partial charge on any atom is 0.260 e. The van der Waals surface area contributed by atoms with Crippen LogP contribution >= 0.6 is 47.8 Å². The molecule has 7 nitrogen and oxygen atoms in total. The van der Waals surface area contributed by atoms with Crippen LogP contribution in [-0.4, -0.2) is 37.6 Å². The number of carbonyl (C=O) groups is 1. The van der Waals surface area contributed by atoms with Crippen molar-refractivity contribution in [3.8, 4) is 5.69 Å². The third kappa shape index (κ3) is 3.93. The highest BCUT2D eigenvalue weighted by atomic mass is 80.0. The summed E-state index contributed by atoms with van der Waals surface area (Å²) in [4.78, 5) is 14.1. The van der Waals surface area contributed by atoms with Gasteiger partial charge in [-0.25, -0.2) is 8.42 Å².